The fourth-order valence-electron chi connectivity index (χ4n) is 3.07. The van der Waals surface area contributed by atoms with Gasteiger partial charge in [-0.15, -0.1) is 0 Å². The predicted molar refractivity (Wildman–Crippen MR) is 97.2 cm³/mol. The Hall–Kier alpha value is -2.50. The zero-order chi connectivity index (χ0) is 19.8. The monoisotopic (exact) mass is 377 g/mol. The maximum Gasteiger partial charge on any atom is 0.416 e. The van der Waals surface area contributed by atoms with Gasteiger partial charge in [0.15, 0.2) is 0 Å². The number of nitrogens with zero attached hydrogens (tertiary/aromatic N) is 1. The van der Waals surface area contributed by atoms with Crippen LogP contribution in [0.2, 0.25) is 0 Å². The maximum absolute atomic E-state index is 12.7. The number of benzene rings is 2. The van der Waals surface area contributed by atoms with Crippen LogP contribution >= 0.6 is 0 Å². The number of halogens is 3. The Morgan fingerprint density at radius 2 is 1.59 bits per heavy atom. The summed E-state index contributed by atoms with van der Waals surface area (Å²) in [6.07, 6.45) is -3.97. The van der Waals surface area contributed by atoms with Gasteiger partial charge in [0.1, 0.15) is 5.60 Å². The van der Waals surface area contributed by atoms with Crippen LogP contribution in [0.5, 0.6) is 0 Å². The molecule has 1 amide bonds. The van der Waals surface area contributed by atoms with E-state index < -0.39 is 17.3 Å². The summed E-state index contributed by atoms with van der Waals surface area (Å²) in [7, 11) is 0. The summed E-state index contributed by atoms with van der Waals surface area (Å²) in [5.41, 5.74) is 2.45. The van der Waals surface area contributed by atoms with Gasteiger partial charge in [-0.1, -0.05) is 24.3 Å². The summed E-state index contributed by atoms with van der Waals surface area (Å²) >= 11 is 0. The minimum Gasteiger partial charge on any atom is -0.444 e. The van der Waals surface area contributed by atoms with Crippen molar-refractivity contribution in [3.8, 4) is 11.1 Å². The number of hydrogen-bond acceptors (Lipinski definition) is 2. The first-order chi connectivity index (χ1) is 12.5. The van der Waals surface area contributed by atoms with Crippen LogP contribution in [0, 0.1) is 0 Å². The quantitative estimate of drug-likeness (QED) is 0.641. The Kier molecular flexibility index (Phi) is 4.93. The second-order valence-electron chi connectivity index (χ2n) is 7.71. The number of ether oxygens (including phenoxy) is 1. The summed E-state index contributed by atoms with van der Waals surface area (Å²) in [5, 5.41) is 0. The molecule has 2 aromatic rings. The Labute approximate surface area is 156 Å². The highest BCUT2D eigenvalue weighted by Crippen LogP contribution is 2.32. The van der Waals surface area contributed by atoms with E-state index in [0.29, 0.717) is 18.7 Å². The average molecular weight is 377 g/mol. The van der Waals surface area contributed by atoms with E-state index in [-0.39, 0.29) is 6.09 Å². The fourth-order valence-corrected chi connectivity index (χ4v) is 3.07. The molecule has 144 valence electrons. The number of carbonyl (C=O) groups excluding carboxylic acids is 1. The number of hydrogen-bond donors (Lipinski definition) is 0. The molecule has 1 heterocycles. The normalized spacial score (nSPS) is 14.7. The van der Waals surface area contributed by atoms with Crippen molar-refractivity contribution in [1.82, 2.24) is 4.90 Å². The van der Waals surface area contributed by atoms with Crippen molar-refractivity contribution in [2.45, 2.75) is 45.5 Å². The first-order valence-corrected chi connectivity index (χ1v) is 8.80. The first-order valence-electron chi connectivity index (χ1n) is 8.80. The molecule has 1 aliphatic heterocycles. The molecule has 0 saturated heterocycles. The molecule has 0 aliphatic carbocycles. The molecule has 1 aliphatic rings. The van der Waals surface area contributed by atoms with Gasteiger partial charge >= 0.3 is 12.3 Å². The molecule has 6 heteroatoms. The molecular formula is C21H22F3NO2. The van der Waals surface area contributed by atoms with Crippen LogP contribution in [0.3, 0.4) is 0 Å². The number of amides is 1. The highest BCUT2D eigenvalue weighted by atomic mass is 19.4. The molecule has 0 radical (unpaired) electrons. The summed E-state index contributed by atoms with van der Waals surface area (Å²) in [6.45, 7) is 6.49. The van der Waals surface area contributed by atoms with Gasteiger partial charge in [-0.2, -0.15) is 13.2 Å². The fraction of sp³-hybridized carbons (Fsp3) is 0.381. The number of carbonyl (C=O) groups is 1. The van der Waals surface area contributed by atoms with Gasteiger partial charge in [-0.3, -0.25) is 0 Å². The molecule has 0 spiro atoms. The molecule has 27 heavy (non-hydrogen) atoms. The predicted octanol–water partition coefficient (Wildman–Crippen LogP) is 5.67. The number of fused-ring (bicyclic) bond motifs is 1. The molecule has 0 atom stereocenters. The van der Waals surface area contributed by atoms with Gasteiger partial charge in [0.2, 0.25) is 0 Å². The molecule has 0 bridgehead atoms. The molecule has 3 rings (SSSR count). The van der Waals surface area contributed by atoms with E-state index in [4.69, 9.17) is 4.74 Å². The Bertz CT molecular complexity index is 836. The van der Waals surface area contributed by atoms with E-state index >= 15 is 0 Å². The van der Waals surface area contributed by atoms with E-state index in [0.717, 1.165) is 35.2 Å². The highest BCUT2D eigenvalue weighted by molar-refractivity contribution is 5.70. The molecule has 2 aromatic carbocycles. The van der Waals surface area contributed by atoms with Gasteiger partial charge in [0.05, 0.1) is 5.56 Å². The third-order valence-electron chi connectivity index (χ3n) is 4.42. The summed E-state index contributed by atoms with van der Waals surface area (Å²) in [4.78, 5) is 14.0. The van der Waals surface area contributed by atoms with Crippen LogP contribution in [-0.4, -0.2) is 23.1 Å². The van der Waals surface area contributed by atoms with Crippen LogP contribution in [-0.2, 0) is 23.9 Å². The minimum absolute atomic E-state index is 0.354. The van der Waals surface area contributed by atoms with Crippen molar-refractivity contribution < 1.29 is 22.7 Å². The molecule has 0 N–H and O–H groups in total. The van der Waals surface area contributed by atoms with Crippen molar-refractivity contribution in [1.29, 1.82) is 0 Å². The number of alkyl halides is 3. The average Bonchev–Trinajstić information content (AvgIpc) is 2.58. The number of rotatable bonds is 1. The van der Waals surface area contributed by atoms with Crippen LogP contribution in [0.25, 0.3) is 11.1 Å². The Morgan fingerprint density at radius 3 is 2.19 bits per heavy atom. The maximum atomic E-state index is 12.7. The topological polar surface area (TPSA) is 29.5 Å². The van der Waals surface area contributed by atoms with Gasteiger partial charge in [-0.05, 0) is 67.6 Å². The van der Waals surface area contributed by atoms with E-state index in [1.54, 1.807) is 4.90 Å². The lowest BCUT2D eigenvalue weighted by Gasteiger charge is -2.31. The van der Waals surface area contributed by atoms with E-state index in [9.17, 15) is 18.0 Å². The lowest BCUT2D eigenvalue weighted by Crippen LogP contribution is -2.39. The zero-order valence-corrected chi connectivity index (χ0v) is 15.6. The third kappa shape index (κ3) is 4.62. The summed E-state index contributed by atoms with van der Waals surface area (Å²) in [6, 6.07) is 10.9. The van der Waals surface area contributed by atoms with Crippen LogP contribution in [0.15, 0.2) is 42.5 Å². The second kappa shape index (κ2) is 6.91. The van der Waals surface area contributed by atoms with Crippen LogP contribution < -0.4 is 0 Å². The van der Waals surface area contributed by atoms with Gasteiger partial charge < -0.3 is 9.64 Å². The third-order valence-corrected chi connectivity index (χ3v) is 4.42. The van der Waals surface area contributed by atoms with Gasteiger partial charge in [0, 0.05) is 13.1 Å². The van der Waals surface area contributed by atoms with Gasteiger partial charge in [-0.25, -0.2) is 4.79 Å². The SMILES string of the molecule is CC(C)(C)OC(=O)N1CCc2ccc(-c3ccc(C(F)(F)F)cc3)cc2C1. The standard InChI is InChI=1S/C21H22F3NO2/c1-20(2,3)27-19(26)25-11-10-15-4-5-16(12-17(15)13-25)14-6-8-18(9-7-14)21(22,23)24/h4-9,12H,10-11,13H2,1-3H3. The molecule has 0 aromatic heterocycles. The first kappa shape index (κ1) is 19.3. The molecule has 0 saturated carbocycles. The molecule has 0 unspecified atom stereocenters. The highest BCUT2D eigenvalue weighted by Gasteiger charge is 2.30. The Morgan fingerprint density at radius 1 is 0.963 bits per heavy atom. The van der Waals surface area contributed by atoms with Gasteiger partial charge in [0.25, 0.3) is 0 Å². The van der Waals surface area contributed by atoms with Crippen LogP contribution in [0.1, 0.15) is 37.5 Å². The van der Waals surface area contributed by atoms with E-state index in [1.165, 1.54) is 12.1 Å². The van der Waals surface area contributed by atoms with Crippen molar-refractivity contribution in [2.75, 3.05) is 6.54 Å². The largest absolute Gasteiger partial charge is 0.444 e. The second-order valence-corrected chi connectivity index (χ2v) is 7.71. The summed E-state index contributed by atoms with van der Waals surface area (Å²) in [5.74, 6) is 0. The lowest BCUT2D eigenvalue weighted by atomic mass is 9.94. The van der Waals surface area contributed by atoms with E-state index in [2.05, 4.69) is 0 Å². The summed E-state index contributed by atoms with van der Waals surface area (Å²) < 4.78 is 43.6. The minimum atomic E-state index is -4.34. The van der Waals surface area contributed by atoms with Crippen molar-refractivity contribution in [3.63, 3.8) is 0 Å². The zero-order valence-electron chi connectivity index (χ0n) is 15.6. The smallest absolute Gasteiger partial charge is 0.416 e. The van der Waals surface area contributed by atoms with Crippen LogP contribution in [0.4, 0.5) is 18.0 Å². The van der Waals surface area contributed by atoms with E-state index in [1.807, 2.05) is 39.0 Å². The van der Waals surface area contributed by atoms with Crippen molar-refractivity contribution in [3.05, 3.63) is 59.2 Å². The lowest BCUT2D eigenvalue weighted by molar-refractivity contribution is -0.137. The molecule has 0 fully saturated rings. The molecule has 3 nitrogen and oxygen atoms in total. The molecular weight excluding hydrogens is 355 g/mol. The Balaban J connectivity index is 1.81. The van der Waals surface area contributed by atoms with Crippen molar-refractivity contribution in [2.24, 2.45) is 0 Å². The van der Waals surface area contributed by atoms with Crippen molar-refractivity contribution >= 4 is 6.09 Å².